The van der Waals surface area contributed by atoms with Gasteiger partial charge in [-0.05, 0) is 29.2 Å². The molecule has 3 rings (SSSR count). The lowest BCUT2D eigenvalue weighted by molar-refractivity contribution is -0.137. The molecule has 0 bridgehead atoms. The van der Waals surface area contributed by atoms with Crippen molar-refractivity contribution in [3.63, 3.8) is 0 Å². The van der Waals surface area contributed by atoms with Crippen LogP contribution in [0.25, 0.3) is 11.1 Å². The second kappa shape index (κ2) is 4.47. The van der Waals surface area contributed by atoms with Gasteiger partial charge in [-0.25, -0.2) is 0 Å². The van der Waals surface area contributed by atoms with E-state index in [-0.39, 0.29) is 11.3 Å². The summed E-state index contributed by atoms with van der Waals surface area (Å²) in [6, 6.07) is 10.4. The third-order valence-corrected chi connectivity index (χ3v) is 3.57. The molecular formula is C16H11F3O. The van der Waals surface area contributed by atoms with E-state index in [1.807, 2.05) is 0 Å². The second-order valence-corrected chi connectivity index (χ2v) is 4.84. The van der Waals surface area contributed by atoms with E-state index in [4.69, 9.17) is 0 Å². The van der Waals surface area contributed by atoms with Crippen LogP contribution in [0.2, 0.25) is 0 Å². The molecule has 0 radical (unpaired) electrons. The number of rotatable bonds is 1. The number of hydrogen-bond acceptors (Lipinski definition) is 1. The first-order valence-corrected chi connectivity index (χ1v) is 6.29. The van der Waals surface area contributed by atoms with E-state index in [2.05, 4.69) is 0 Å². The molecule has 0 saturated heterocycles. The van der Waals surface area contributed by atoms with Gasteiger partial charge in [0.2, 0.25) is 0 Å². The van der Waals surface area contributed by atoms with E-state index in [0.29, 0.717) is 24.0 Å². The lowest BCUT2D eigenvalue weighted by Gasteiger charge is -2.13. The zero-order valence-electron chi connectivity index (χ0n) is 10.5. The number of carbonyl (C=O) groups is 1. The lowest BCUT2D eigenvalue weighted by atomic mass is 9.96. The summed E-state index contributed by atoms with van der Waals surface area (Å²) in [5, 5.41) is 0. The maximum absolute atomic E-state index is 13.0. The van der Waals surface area contributed by atoms with Crippen LogP contribution in [0.15, 0.2) is 42.5 Å². The summed E-state index contributed by atoms with van der Waals surface area (Å²) >= 11 is 0. The predicted octanol–water partition coefficient (Wildman–Crippen LogP) is 4.50. The van der Waals surface area contributed by atoms with Crippen LogP contribution in [0.1, 0.15) is 27.9 Å². The average Bonchev–Trinajstić information content (AvgIpc) is 2.79. The van der Waals surface area contributed by atoms with Crippen LogP contribution in [0.5, 0.6) is 0 Å². The smallest absolute Gasteiger partial charge is 0.294 e. The Morgan fingerprint density at radius 2 is 1.65 bits per heavy atom. The van der Waals surface area contributed by atoms with Crippen molar-refractivity contribution in [1.29, 1.82) is 0 Å². The summed E-state index contributed by atoms with van der Waals surface area (Å²) < 4.78 is 39.0. The molecule has 0 spiro atoms. The number of fused-ring (bicyclic) bond motifs is 1. The molecule has 0 unspecified atom stereocenters. The first-order valence-electron chi connectivity index (χ1n) is 6.29. The zero-order chi connectivity index (χ0) is 14.3. The standard InChI is InChI=1S/C16H11F3O/c17-16(18,19)14-4-2-1-3-12(14)10-5-7-13-11(9-10)6-8-15(13)20/h1-5,7,9H,6,8H2. The lowest BCUT2D eigenvalue weighted by Crippen LogP contribution is -2.07. The molecule has 1 aliphatic carbocycles. The number of halogens is 3. The van der Waals surface area contributed by atoms with E-state index in [9.17, 15) is 18.0 Å². The van der Waals surface area contributed by atoms with Gasteiger partial charge >= 0.3 is 6.18 Å². The molecule has 0 N–H and O–H groups in total. The molecule has 102 valence electrons. The number of alkyl halides is 3. The van der Waals surface area contributed by atoms with Crippen LogP contribution in [0, 0.1) is 0 Å². The van der Waals surface area contributed by atoms with Gasteiger partial charge in [0, 0.05) is 12.0 Å². The van der Waals surface area contributed by atoms with Gasteiger partial charge < -0.3 is 0 Å². The van der Waals surface area contributed by atoms with Gasteiger partial charge in [-0.1, -0.05) is 36.4 Å². The number of benzene rings is 2. The van der Waals surface area contributed by atoms with E-state index in [0.717, 1.165) is 11.6 Å². The monoisotopic (exact) mass is 276 g/mol. The van der Waals surface area contributed by atoms with Gasteiger partial charge in [-0.15, -0.1) is 0 Å². The van der Waals surface area contributed by atoms with E-state index in [1.54, 1.807) is 24.3 Å². The maximum atomic E-state index is 13.0. The summed E-state index contributed by atoms with van der Waals surface area (Å²) in [5.74, 6) is 0.0654. The highest BCUT2D eigenvalue weighted by atomic mass is 19.4. The summed E-state index contributed by atoms with van der Waals surface area (Å²) in [6.07, 6.45) is -3.33. The number of hydrogen-bond donors (Lipinski definition) is 0. The van der Waals surface area contributed by atoms with Crippen molar-refractivity contribution in [3.8, 4) is 11.1 Å². The summed E-state index contributed by atoms with van der Waals surface area (Å²) in [5.41, 5.74) is 1.49. The Morgan fingerprint density at radius 1 is 0.900 bits per heavy atom. The van der Waals surface area contributed by atoms with Crippen molar-refractivity contribution in [3.05, 3.63) is 59.2 Å². The van der Waals surface area contributed by atoms with Gasteiger partial charge in [0.15, 0.2) is 5.78 Å². The molecule has 0 aliphatic heterocycles. The van der Waals surface area contributed by atoms with Crippen LogP contribution in [0.3, 0.4) is 0 Å². The molecular weight excluding hydrogens is 265 g/mol. The molecule has 0 amide bonds. The average molecular weight is 276 g/mol. The molecule has 2 aromatic rings. The quantitative estimate of drug-likeness (QED) is 0.749. The van der Waals surface area contributed by atoms with E-state index in [1.165, 1.54) is 12.1 Å². The predicted molar refractivity (Wildman–Crippen MR) is 69.5 cm³/mol. The molecule has 1 nitrogen and oxygen atoms in total. The maximum Gasteiger partial charge on any atom is 0.417 e. The molecule has 1 aliphatic rings. The number of carbonyl (C=O) groups excluding carboxylic acids is 1. The SMILES string of the molecule is O=C1CCc2cc(-c3ccccc3C(F)(F)F)ccc21. The Hall–Kier alpha value is -2.10. The minimum atomic E-state index is -4.38. The second-order valence-electron chi connectivity index (χ2n) is 4.84. The van der Waals surface area contributed by atoms with Gasteiger partial charge in [0.25, 0.3) is 0 Å². The fourth-order valence-electron chi connectivity index (χ4n) is 2.61. The first-order chi connectivity index (χ1) is 9.47. The molecule has 20 heavy (non-hydrogen) atoms. The highest BCUT2D eigenvalue weighted by Gasteiger charge is 2.33. The third kappa shape index (κ3) is 2.11. The summed E-state index contributed by atoms with van der Waals surface area (Å²) in [4.78, 5) is 11.6. The van der Waals surface area contributed by atoms with Crippen LogP contribution >= 0.6 is 0 Å². The van der Waals surface area contributed by atoms with Crippen LogP contribution in [0.4, 0.5) is 13.2 Å². The minimum Gasteiger partial charge on any atom is -0.294 e. The molecule has 0 aromatic heterocycles. The Morgan fingerprint density at radius 3 is 2.40 bits per heavy atom. The number of ketones is 1. The van der Waals surface area contributed by atoms with Crippen LogP contribution in [-0.4, -0.2) is 5.78 Å². The molecule has 0 fully saturated rings. The van der Waals surface area contributed by atoms with Crippen molar-refractivity contribution in [2.45, 2.75) is 19.0 Å². The number of aryl methyl sites for hydroxylation is 1. The molecule has 0 heterocycles. The van der Waals surface area contributed by atoms with E-state index < -0.39 is 11.7 Å². The summed E-state index contributed by atoms with van der Waals surface area (Å²) in [7, 11) is 0. The largest absolute Gasteiger partial charge is 0.417 e. The normalized spacial score (nSPS) is 14.4. The number of Topliss-reactive ketones (excluding diaryl/α,β-unsaturated/α-hetero) is 1. The molecule has 0 atom stereocenters. The molecule has 4 heteroatoms. The molecule has 0 saturated carbocycles. The highest BCUT2D eigenvalue weighted by molar-refractivity contribution is 6.01. The highest BCUT2D eigenvalue weighted by Crippen LogP contribution is 2.38. The topological polar surface area (TPSA) is 17.1 Å². The minimum absolute atomic E-state index is 0.0654. The van der Waals surface area contributed by atoms with Crippen LogP contribution < -0.4 is 0 Å². The fraction of sp³-hybridized carbons (Fsp3) is 0.188. The Bertz CT molecular complexity index is 686. The van der Waals surface area contributed by atoms with Gasteiger partial charge in [-0.2, -0.15) is 13.2 Å². The van der Waals surface area contributed by atoms with Crippen molar-refractivity contribution in [2.75, 3.05) is 0 Å². The van der Waals surface area contributed by atoms with Crippen molar-refractivity contribution < 1.29 is 18.0 Å². The van der Waals surface area contributed by atoms with Crippen LogP contribution in [-0.2, 0) is 12.6 Å². The van der Waals surface area contributed by atoms with E-state index >= 15 is 0 Å². The van der Waals surface area contributed by atoms with Gasteiger partial charge in [0.05, 0.1) is 5.56 Å². The van der Waals surface area contributed by atoms with Crippen molar-refractivity contribution in [1.82, 2.24) is 0 Å². The third-order valence-electron chi connectivity index (χ3n) is 3.57. The first kappa shape index (κ1) is 12.9. The van der Waals surface area contributed by atoms with Crippen molar-refractivity contribution in [2.24, 2.45) is 0 Å². The van der Waals surface area contributed by atoms with Gasteiger partial charge in [0.1, 0.15) is 0 Å². The molecule has 2 aromatic carbocycles. The Kier molecular flexibility index (Phi) is 2.89. The Labute approximate surface area is 114 Å². The van der Waals surface area contributed by atoms with Crippen molar-refractivity contribution >= 4 is 5.78 Å². The fourth-order valence-corrected chi connectivity index (χ4v) is 2.61. The Balaban J connectivity index is 2.13. The summed E-state index contributed by atoms with van der Waals surface area (Å²) in [6.45, 7) is 0. The van der Waals surface area contributed by atoms with Gasteiger partial charge in [-0.3, -0.25) is 4.79 Å². The zero-order valence-corrected chi connectivity index (χ0v) is 10.5.